The minimum absolute atomic E-state index is 0.0283. The third kappa shape index (κ3) is 2.57. The van der Waals surface area contributed by atoms with E-state index < -0.39 is 0 Å². The molecule has 4 nitrogen and oxygen atoms in total. The number of nitrogens with zero attached hydrogens (tertiary/aromatic N) is 3. The van der Waals surface area contributed by atoms with Gasteiger partial charge in [-0.15, -0.1) is 10.2 Å². The van der Waals surface area contributed by atoms with Gasteiger partial charge in [0, 0.05) is 0 Å². The Morgan fingerprint density at radius 3 is 2.74 bits per heavy atom. The van der Waals surface area contributed by atoms with Gasteiger partial charge in [0.15, 0.2) is 0 Å². The zero-order chi connectivity index (χ0) is 13.2. The number of benzene rings is 2. The number of thiazole rings is 1. The maximum atomic E-state index is 9.31. The van der Waals surface area contributed by atoms with Crippen LogP contribution >= 0.6 is 22.9 Å². The molecule has 1 N–H and O–H groups in total. The van der Waals surface area contributed by atoms with Crippen LogP contribution in [0.25, 0.3) is 10.2 Å². The third-order valence-electron chi connectivity index (χ3n) is 2.46. The maximum Gasteiger partial charge on any atom is 0.231 e. The first kappa shape index (κ1) is 12.1. The lowest BCUT2D eigenvalue weighted by atomic mass is 10.3. The van der Waals surface area contributed by atoms with E-state index in [4.69, 9.17) is 11.6 Å². The molecule has 0 bridgehead atoms. The summed E-state index contributed by atoms with van der Waals surface area (Å²) in [6.07, 6.45) is 0. The first-order valence-electron chi connectivity index (χ1n) is 5.48. The van der Waals surface area contributed by atoms with Gasteiger partial charge in [0.2, 0.25) is 5.13 Å². The number of hydrogen-bond acceptors (Lipinski definition) is 5. The number of phenols is 1. The van der Waals surface area contributed by atoms with Crippen LogP contribution in [-0.4, -0.2) is 10.1 Å². The molecule has 0 radical (unpaired) electrons. The second-order valence-electron chi connectivity index (χ2n) is 3.80. The van der Waals surface area contributed by atoms with E-state index in [1.807, 2.05) is 24.3 Å². The van der Waals surface area contributed by atoms with E-state index in [0.29, 0.717) is 10.8 Å². The van der Waals surface area contributed by atoms with Gasteiger partial charge >= 0.3 is 0 Å². The molecule has 0 saturated heterocycles. The fraction of sp³-hybridized carbons (Fsp3) is 0. The van der Waals surface area contributed by atoms with Crippen molar-refractivity contribution in [2.45, 2.75) is 0 Å². The number of hydrogen-bond donors (Lipinski definition) is 1. The predicted molar refractivity (Wildman–Crippen MR) is 76.9 cm³/mol. The summed E-state index contributed by atoms with van der Waals surface area (Å²) in [6, 6.07) is 12.5. The molecule has 0 fully saturated rings. The maximum absolute atomic E-state index is 9.31. The van der Waals surface area contributed by atoms with Crippen LogP contribution < -0.4 is 0 Å². The lowest BCUT2D eigenvalue weighted by Gasteiger charge is -1.95. The Labute approximate surface area is 118 Å². The minimum Gasteiger partial charge on any atom is -0.506 e. The summed E-state index contributed by atoms with van der Waals surface area (Å²) >= 11 is 7.27. The Hall–Kier alpha value is -1.98. The molecule has 3 aromatic rings. The summed E-state index contributed by atoms with van der Waals surface area (Å²) in [6.45, 7) is 0. The van der Waals surface area contributed by atoms with Gasteiger partial charge in [-0.2, -0.15) is 0 Å². The normalized spacial score (nSPS) is 11.4. The molecule has 0 aliphatic heterocycles. The van der Waals surface area contributed by atoms with Crippen LogP contribution in [0.15, 0.2) is 52.7 Å². The van der Waals surface area contributed by atoms with Crippen LogP contribution in [-0.2, 0) is 0 Å². The first-order valence-corrected chi connectivity index (χ1v) is 6.68. The third-order valence-corrected chi connectivity index (χ3v) is 3.69. The average Bonchev–Trinajstić information content (AvgIpc) is 2.83. The summed E-state index contributed by atoms with van der Waals surface area (Å²) in [5, 5.41) is 18.3. The molecule has 0 aliphatic carbocycles. The number of fused-ring (bicyclic) bond motifs is 1. The SMILES string of the molecule is Oc1ccc(N=Nc2nc3ccccc3s2)cc1Cl. The molecule has 0 unspecified atom stereocenters. The molecule has 0 saturated carbocycles. The Balaban J connectivity index is 1.91. The van der Waals surface area contributed by atoms with Crippen LogP contribution in [0.3, 0.4) is 0 Å². The van der Waals surface area contributed by atoms with Crippen LogP contribution in [0.5, 0.6) is 5.75 Å². The molecular weight excluding hydrogens is 282 g/mol. The molecule has 0 spiro atoms. The molecule has 94 valence electrons. The molecule has 19 heavy (non-hydrogen) atoms. The monoisotopic (exact) mass is 289 g/mol. The van der Waals surface area contributed by atoms with Gasteiger partial charge in [0.05, 0.1) is 20.9 Å². The highest BCUT2D eigenvalue weighted by molar-refractivity contribution is 7.21. The largest absolute Gasteiger partial charge is 0.506 e. The average molecular weight is 290 g/mol. The van der Waals surface area contributed by atoms with Crippen molar-refractivity contribution in [3.05, 3.63) is 47.5 Å². The van der Waals surface area contributed by atoms with Gasteiger partial charge in [-0.3, -0.25) is 0 Å². The quantitative estimate of drug-likeness (QED) is 0.669. The van der Waals surface area contributed by atoms with Crippen molar-refractivity contribution in [1.29, 1.82) is 0 Å². The summed E-state index contributed by atoms with van der Waals surface area (Å²) in [7, 11) is 0. The second kappa shape index (κ2) is 4.95. The molecule has 1 aromatic heterocycles. The molecule has 6 heteroatoms. The highest BCUT2D eigenvalue weighted by Crippen LogP contribution is 2.31. The summed E-state index contributed by atoms with van der Waals surface area (Å²) in [5.41, 5.74) is 1.48. The van der Waals surface area contributed by atoms with Crippen molar-refractivity contribution in [1.82, 2.24) is 4.98 Å². The summed E-state index contributed by atoms with van der Waals surface area (Å²) in [5.74, 6) is 0.0283. The molecule has 0 atom stereocenters. The number of halogens is 1. The van der Waals surface area contributed by atoms with E-state index >= 15 is 0 Å². The highest BCUT2D eigenvalue weighted by Gasteiger charge is 2.02. The van der Waals surface area contributed by atoms with Crippen molar-refractivity contribution < 1.29 is 5.11 Å². The number of azo groups is 1. The van der Waals surface area contributed by atoms with Gasteiger partial charge < -0.3 is 5.11 Å². The van der Waals surface area contributed by atoms with Gasteiger partial charge in [-0.25, -0.2) is 4.98 Å². The lowest BCUT2D eigenvalue weighted by molar-refractivity contribution is 0.475. The fourth-order valence-electron chi connectivity index (χ4n) is 1.56. The number of rotatable bonds is 2. The standard InChI is InChI=1S/C13H8ClN3OS/c14-9-7-8(5-6-11(9)18)16-17-13-15-10-3-1-2-4-12(10)19-13/h1-7,18H. The molecule has 0 amide bonds. The Morgan fingerprint density at radius 2 is 1.95 bits per heavy atom. The molecular formula is C13H8ClN3OS. The Morgan fingerprint density at radius 1 is 1.11 bits per heavy atom. The Kier molecular flexibility index (Phi) is 3.15. The highest BCUT2D eigenvalue weighted by atomic mass is 35.5. The second-order valence-corrected chi connectivity index (χ2v) is 5.22. The molecule has 2 aromatic carbocycles. The van der Waals surface area contributed by atoms with Crippen molar-refractivity contribution in [3.63, 3.8) is 0 Å². The number of aromatic nitrogens is 1. The number of aromatic hydroxyl groups is 1. The van der Waals surface area contributed by atoms with Gasteiger partial charge in [0.1, 0.15) is 5.75 Å². The number of phenolic OH excluding ortho intramolecular Hbond substituents is 1. The molecule has 1 heterocycles. The smallest absolute Gasteiger partial charge is 0.231 e. The Bertz CT molecular complexity index is 736. The van der Waals surface area contributed by atoms with E-state index in [1.54, 1.807) is 12.1 Å². The zero-order valence-corrected chi connectivity index (χ0v) is 11.2. The lowest BCUT2D eigenvalue weighted by Crippen LogP contribution is -1.68. The van der Waals surface area contributed by atoms with E-state index in [2.05, 4.69) is 15.2 Å². The van der Waals surface area contributed by atoms with E-state index in [0.717, 1.165) is 10.2 Å². The molecule has 3 rings (SSSR count). The fourth-order valence-corrected chi connectivity index (χ4v) is 2.52. The van der Waals surface area contributed by atoms with Gasteiger partial charge in [-0.1, -0.05) is 35.1 Å². The van der Waals surface area contributed by atoms with Crippen molar-refractivity contribution in [2.75, 3.05) is 0 Å². The van der Waals surface area contributed by atoms with Gasteiger partial charge in [-0.05, 0) is 30.3 Å². The van der Waals surface area contributed by atoms with Crippen molar-refractivity contribution in [2.24, 2.45) is 10.2 Å². The topological polar surface area (TPSA) is 57.8 Å². The minimum atomic E-state index is 0.0283. The van der Waals surface area contributed by atoms with Crippen LogP contribution in [0.1, 0.15) is 0 Å². The number of para-hydroxylation sites is 1. The van der Waals surface area contributed by atoms with E-state index in [1.165, 1.54) is 17.4 Å². The van der Waals surface area contributed by atoms with Gasteiger partial charge in [0.25, 0.3) is 0 Å². The zero-order valence-electron chi connectivity index (χ0n) is 9.62. The van der Waals surface area contributed by atoms with E-state index in [-0.39, 0.29) is 10.8 Å². The predicted octanol–water partition coefficient (Wildman–Crippen LogP) is 5.07. The van der Waals surface area contributed by atoms with Crippen molar-refractivity contribution >= 4 is 44.0 Å². The molecule has 0 aliphatic rings. The van der Waals surface area contributed by atoms with Crippen molar-refractivity contribution in [3.8, 4) is 5.75 Å². The summed E-state index contributed by atoms with van der Waals surface area (Å²) < 4.78 is 1.07. The van der Waals surface area contributed by atoms with E-state index in [9.17, 15) is 5.11 Å². The summed E-state index contributed by atoms with van der Waals surface area (Å²) in [4.78, 5) is 4.34. The van der Waals surface area contributed by atoms with Crippen LogP contribution in [0.4, 0.5) is 10.8 Å². The van der Waals surface area contributed by atoms with Crippen LogP contribution in [0.2, 0.25) is 5.02 Å². The first-order chi connectivity index (χ1) is 9.22. The van der Waals surface area contributed by atoms with Crippen LogP contribution in [0, 0.1) is 0 Å².